The highest BCUT2D eigenvalue weighted by Crippen LogP contribution is 2.32. The maximum Gasteiger partial charge on any atom is 0.229 e. The molecule has 0 unspecified atom stereocenters. The first-order valence-corrected chi connectivity index (χ1v) is 7.43. The summed E-state index contributed by atoms with van der Waals surface area (Å²) in [5, 5.41) is 0. The second kappa shape index (κ2) is 7.59. The van der Waals surface area contributed by atoms with Crippen LogP contribution in [0.1, 0.15) is 24.1 Å². The standard InChI is InChI=1S/C19H18N2O2.CH4/c1-13-8-4-6-10-16(13)22-18-15(3)19(21-12-20-18)23-17-11-7-5-9-14(17)2;/h4-12H,1-3H3;1H4. The number of nitrogens with zero attached hydrogens (tertiary/aromatic N) is 2. The molecule has 0 aliphatic carbocycles. The van der Waals surface area contributed by atoms with E-state index in [9.17, 15) is 0 Å². The summed E-state index contributed by atoms with van der Waals surface area (Å²) in [6.07, 6.45) is 1.45. The fourth-order valence-electron chi connectivity index (χ4n) is 2.17. The van der Waals surface area contributed by atoms with E-state index in [0.717, 1.165) is 28.2 Å². The van der Waals surface area contributed by atoms with Crippen molar-refractivity contribution in [2.45, 2.75) is 28.2 Å². The summed E-state index contributed by atoms with van der Waals surface area (Å²) in [5.74, 6) is 2.54. The lowest BCUT2D eigenvalue weighted by Gasteiger charge is -2.13. The summed E-state index contributed by atoms with van der Waals surface area (Å²) < 4.78 is 11.8. The van der Waals surface area contributed by atoms with Crippen LogP contribution in [0.25, 0.3) is 0 Å². The van der Waals surface area contributed by atoms with Crippen molar-refractivity contribution >= 4 is 0 Å². The minimum Gasteiger partial charge on any atom is -0.438 e. The van der Waals surface area contributed by atoms with Crippen LogP contribution < -0.4 is 9.47 Å². The molecule has 0 aliphatic rings. The van der Waals surface area contributed by atoms with Crippen LogP contribution in [-0.2, 0) is 0 Å². The number of ether oxygens (including phenoxy) is 2. The number of hydrogen-bond acceptors (Lipinski definition) is 4. The van der Waals surface area contributed by atoms with Gasteiger partial charge in [0.2, 0.25) is 11.8 Å². The van der Waals surface area contributed by atoms with E-state index >= 15 is 0 Å². The van der Waals surface area contributed by atoms with Gasteiger partial charge in [0.15, 0.2) is 0 Å². The molecule has 0 spiro atoms. The molecule has 0 fully saturated rings. The summed E-state index contributed by atoms with van der Waals surface area (Å²) in [6.45, 7) is 5.88. The van der Waals surface area contributed by atoms with Crippen LogP contribution in [0.5, 0.6) is 23.3 Å². The van der Waals surface area contributed by atoms with Crippen molar-refractivity contribution in [2.24, 2.45) is 0 Å². The fourth-order valence-corrected chi connectivity index (χ4v) is 2.17. The summed E-state index contributed by atoms with van der Waals surface area (Å²) in [6, 6.07) is 15.6. The van der Waals surface area contributed by atoms with Crippen molar-refractivity contribution in [3.8, 4) is 23.3 Å². The zero-order valence-electron chi connectivity index (χ0n) is 13.4. The van der Waals surface area contributed by atoms with Crippen molar-refractivity contribution in [2.75, 3.05) is 0 Å². The molecule has 4 heteroatoms. The monoisotopic (exact) mass is 322 g/mol. The molecule has 24 heavy (non-hydrogen) atoms. The first-order chi connectivity index (χ1) is 11.1. The van der Waals surface area contributed by atoms with Gasteiger partial charge in [-0.25, -0.2) is 9.97 Å². The van der Waals surface area contributed by atoms with Crippen molar-refractivity contribution in [1.82, 2.24) is 9.97 Å². The van der Waals surface area contributed by atoms with Gasteiger partial charge in [-0.15, -0.1) is 0 Å². The molecule has 0 aliphatic heterocycles. The zero-order valence-corrected chi connectivity index (χ0v) is 13.4. The summed E-state index contributed by atoms with van der Waals surface area (Å²) >= 11 is 0. The van der Waals surface area contributed by atoms with E-state index in [1.165, 1.54) is 6.33 Å². The highest BCUT2D eigenvalue weighted by atomic mass is 16.5. The molecular formula is C20H22N2O2. The van der Waals surface area contributed by atoms with Gasteiger partial charge in [0, 0.05) is 0 Å². The number of para-hydroxylation sites is 2. The molecule has 1 heterocycles. The van der Waals surface area contributed by atoms with E-state index in [0.29, 0.717) is 11.8 Å². The Labute approximate surface area is 143 Å². The van der Waals surface area contributed by atoms with Gasteiger partial charge in [0.1, 0.15) is 17.8 Å². The van der Waals surface area contributed by atoms with E-state index in [4.69, 9.17) is 9.47 Å². The average Bonchev–Trinajstić information content (AvgIpc) is 2.55. The molecule has 3 aromatic rings. The van der Waals surface area contributed by atoms with Crippen LogP contribution >= 0.6 is 0 Å². The Morgan fingerprint density at radius 1 is 0.667 bits per heavy atom. The lowest BCUT2D eigenvalue weighted by molar-refractivity contribution is 0.423. The molecule has 0 N–H and O–H groups in total. The van der Waals surface area contributed by atoms with Gasteiger partial charge in [-0.2, -0.15) is 0 Å². The summed E-state index contributed by atoms with van der Waals surface area (Å²) in [4.78, 5) is 8.45. The van der Waals surface area contributed by atoms with Crippen LogP contribution in [0.3, 0.4) is 0 Å². The Morgan fingerprint density at radius 3 is 1.50 bits per heavy atom. The molecule has 0 bridgehead atoms. The van der Waals surface area contributed by atoms with Gasteiger partial charge in [-0.3, -0.25) is 0 Å². The van der Waals surface area contributed by atoms with Crippen LogP contribution in [0.15, 0.2) is 54.9 Å². The predicted octanol–water partition coefficient (Wildman–Crippen LogP) is 5.62. The number of hydrogen-bond donors (Lipinski definition) is 0. The molecule has 0 radical (unpaired) electrons. The van der Waals surface area contributed by atoms with Gasteiger partial charge in [0.25, 0.3) is 0 Å². The number of benzene rings is 2. The topological polar surface area (TPSA) is 44.2 Å². The van der Waals surface area contributed by atoms with Crippen LogP contribution in [0, 0.1) is 20.8 Å². The van der Waals surface area contributed by atoms with Gasteiger partial charge in [0.05, 0.1) is 5.56 Å². The Hall–Kier alpha value is -2.88. The largest absolute Gasteiger partial charge is 0.438 e. The molecule has 124 valence electrons. The van der Waals surface area contributed by atoms with Gasteiger partial charge < -0.3 is 9.47 Å². The highest BCUT2D eigenvalue weighted by molar-refractivity contribution is 5.42. The van der Waals surface area contributed by atoms with Crippen molar-refractivity contribution in [3.63, 3.8) is 0 Å². The third-order valence-corrected chi connectivity index (χ3v) is 3.59. The van der Waals surface area contributed by atoms with Gasteiger partial charge >= 0.3 is 0 Å². The summed E-state index contributed by atoms with van der Waals surface area (Å²) in [7, 11) is 0. The number of rotatable bonds is 4. The summed E-state index contributed by atoms with van der Waals surface area (Å²) in [5.41, 5.74) is 2.86. The maximum atomic E-state index is 5.92. The minimum atomic E-state index is 0. The van der Waals surface area contributed by atoms with E-state index in [1.807, 2.05) is 69.3 Å². The second-order valence-electron chi connectivity index (χ2n) is 5.34. The van der Waals surface area contributed by atoms with Gasteiger partial charge in [-0.05, 0) is 44.0 Å². The number of aryl methyl sites for hydroxylation is 2. The fraction of sp³-hybridized carbons (Fsp3) is 0.200. The lowest BCUT2D eigenvalue weighted by atomic mass is 10.2. The van der Waals surface area contributed by atoms with E-state index in [1.54, 1.807) is 0 Å². The molecule has 3 rings (SSSR count). The third kappa shape index (κ3) is 3.71. The Bertz CT molecular complexity index is 766. The van der Waals surface area contributed by atoms with Crippen LogP contribution in [-0.4, -0.2) is 9.97 Å². The highest BCUT2D eigenvalue weighted by Gasteiger charge is 2.12. The minimum absolute atomic E-state index is 0. The first-order valence-electron chi connectivity index (χ1n) is 7.43. The quantitative estimate of drug-likeness (QED) is 0.625. The predicted molar refractivity (Wildman–Crippen MR) is 96.0 cm³/mol. The molecule has 4 nitrogen and oxygen atoms in total. The van der Waals surface area contributed by atoms with E-state index in [-0.39, 0.29) is 7.43 Å². The molecule has 1 aromatic heterocycles. The smallest absolute Gasteiger partial charge is 0.229 e. The Balaban J connectivity index is 0.00000208. The SMILES string of the molecule is C.Cc1ccccc1Oc1ncnc(Oc2ccccc2C)c1C. The average molecular weight is 322 g/mol. The van der Waals surface area contributed by atoms with Gasteiger partial charge in [-0.1, -0.05) is 43.8 Å². The normalized spacial score (nSPS) is 9.96. The zero-order chi connectivity index (χ0) is 16.2. The lowest BCUT2D eigenvalue weighted by Crippen LogP contribution is -1.98. The third-order valence-electron chi connectivity index (χ3n) is 3.59. The Morgan fingerprint density at radius 2 is 1.08 bits per heavy atom. The second-order valence-corrected chi connectivity index (χ2v) is 5.34. The van der Waals surface area contributed by atoms with Crippen LogP contribution in [0.4, 0.5) is 0 Å². The van der Waals surface area contributed by atoms with Crippen molar-refractivity contribution < 1.29 is 9.47 Å². The Kier molecular flexibility index (Phi) is 5.53. The van der Waals surface area contributed by atoms with E-state index < -0.39 is 0 Å². The van der Waals surface area contributed by atoms with Crippen LogP contribution in [0.2, 0.25) is 0 Å². The molecular weight excluding hydrogens is 300 g/mol. The molecule has 0 saturated carbocycles. The van der Waals surface area contributed by atoms with Crippen molar-refractivity contribution in [3.05, 3.63) is 71.5 Å². The molecule has 0 atom stereocenters. The van der Waals surface area contributed by atoms with Crippen molar-refractivity contribution in [1.29, 1.82) is 0 Å². The van der Waals surface area contributed by atoms with E-state index in [2.05, 4.69) is 9.97 Å². The first kappa shape index (κ1) is 17.5. The molecule has 2 aromatic carbocycles. The molecule has 0 saturated heterocycles. The molecule has 0 amide bonds. The number of aromatic nitrogens is 2. The maximum absolute atomic E-state index is 5.92.